The Bertz CT molecular complexity index is 7.64. The van der Waals surface area contributed by atoms with Crippen molar-refractivity contribution in [2.45, 2.75) is 0 Å². The average molecular weight is 1220 g/mol. The molecule has 8 heavy (non-hydrogen) atoms. The Kier molecular flexibility index (Phi) is 406. The number of rotatable bonds is 0. The van der Waals surface area contributed by atoms with Crippen molar-refractivity contribution in [3.05, 3.63) is 0 Å². The molecule has 0 aromatic carbocycles. The molecular formula is Ru5U3. The third-order valence-electron chi connectivity index (χ3n) is 0. The van der Waals surface area contributed by atoms with Crippen molar-refractivity contribution in [3.8, 4) is 0 Å². The zero-order chi connectivity index (χ0) is 0. The van der Waals surface area contributed by atoms with Crippen LogP contribution in [0, 0.1) is 93.3 Å². The van der Waals surface area contributed by atoms with Crippen LogP contribution in [0.1, 0.15) is 0 Å². The van der Waals surface area contributed by atoms with Crippen LogP contribution in [0.15, 0.2) is 0 Å². The van der Waals surface area contributed by atoms with E-state index >= 15 is 0 Å². The summed E-state index contributed by atoms with van der Waals surface area (Å²) in [6.45, 7) is 0. The Balaban J connectivity index is 0. The van der Waals surface area contributed by atoms with E-state index < -0.39 is 0 Å². The molecule has 0 nitrogen and oxygen atoms in total. The fraction of sp³-hybridized carbons (Fsp3) is 0. The van der Waals surface area contributed by atoms with E-state index in [2.05, 4.69) is 0 Å². The topological polar surface area (TPSA) is 0 Å². The SMILES string of the molecule is [Ru].[Ru].[Ru].[Ru].[Ru].[U].[U].[U]. The zero-order valence-electron chi connectivity index (χ0n) is 3.27. The molecule has 0 amide bonds. The summed E-state index contributed by atoms with van der Waals surface area (Å²) in [5.74, 6) is 0. The largest absolute Gasteiger partial charge is 0 e. The molecule has 0 saturated carbocycles. The molecule has 0 heterocycles. The molecule has 0 bridgehead atoms. The van der Waals surface area contributed by atoms with Crippen LogP contribution < -0.4 is 0 Å². The Morgan fingerprint density at radius 1 is 0.250 bits per heavy atom. The van der Waals surface area contributed by atoms with Gasteiger partial charge in [0.15, 0.2) is 0 Å². The second-order valence-corrected chi connectivity index (χ2v) is 0. The predicted octanol–water partition coefficient (Wildman–Crippen LogP) is -0.0125. The minimum Gasteiger partial charge on any atom is 0 e. The molecule has 0 saturated heterocycles. The van der Waals surface area contributed by atoms with Crippen LogP contribution in [0.2, 0.25) is 0 Å². The summed E-state index contributed by atoms with van der Waals surface area (Å²) in [6, 6.07) is 0. The molecule has 0 aliphatic heterocycles. The maximum Gasteiger partial charge on any atom is 0 e. The van der Waals surface area contributed by atoms with Crippen LogP contribution in [0.25, 0.3) is 0 Å². The van der Waals surface area contributed by atoms with E-state index in [1.165, 1.54) is 0 Å². The van der Waals surface area contributed by atoms with Gasteiger partial charge in [-0.05, 0) is 0 Å². The number of hydrogen-bond donors (Lipinski definition) is 0. The van der Waals surface area contributed by atoms with Crippen LogP contribution in [0.4, 0.5) is 0 Å². The molecule has 0 atom stereocenters. The Morgan fingerprint density at radius 3 is 0.250 bits per heavy atom. The monoisotopic (exact) mass is 1220 g/mol. The normalized spacial score (nSPS) is 0. The molecule has 0 rings (SSSR count). The van der Waals surface area contributed by atoms with E-state index in [1.54, 1.807) is 0 Å². The van der Waals surface area contributed by atoms with Crippen molar-refractivity contribution in [2.24, 2.45) is 0 Å². The smallest absolute Gasteiger partial charge is 0 e. The molecule has 0 N–H and O–H groups in total. The van der Waals surface area contributed by atoms with Crippen molar-refractivity contribution >= 4 is 0 Å². The van der Waals surface area contributed by atoms with Gasteiger partial charge in [0, 0.05) is 191 Å². The summed E-state index contributed by atoms with van der Waals surface area (Å²) in [5.41, 5.74) is 0. The summed E-state index contributed by atoms with van der Waals surface area (Å²) >= 11 is 0. The van der Waals surface area contributed by atoms with Crippen molar-refractivity contribution in [2.75, 3.05) is 0 Å². The van der Waals surface area contributed by atoms with Crippen molar-refractivity contribution in [3.63, 3.8) is 0 Å². The zero-order valence-corrected chi connectivity index (χ0v) is 24.4. The van der Waals surface area contributed by atoms with Crippen molar-refractivity contribution < 1.29 is 191 Å². The van der Waals surface area contributed by atoms with Gasteiger partial charge in [-0.2, -0.15) is 0 Å². The molecular weight excluding hydrogens is 1220 g/mol. The second-order valence-electron chi connectivity index (χ2n) is 0. The van der Waals surface area contributed by atoms with E-state index in [4.69, 9.17) is 0 Å². The molecule has 0 fully saturated rings. The summed E-state index contributed by atoms with van der Waals surface area (Å²) in [6.07, 6.45) is 0. The first-order valence-electron chi connectivity index (χ1n) is 0. The second kappa shape index (κ2) is 50.8. The molecule has 0 aliphatic carbocycles. The van der Waals surface area contributed by atoms with Crippen LogP contribution in [0.5, 0.6) is 0 Å². The third-order valence-corrected chi connectivity index (χ3v) is 0. The molecule has 0 aliphatic rings. The first-order chi connectivity index (χ1) is 0. The van der Waals surface area contributed by atoms with Crippen LogP contribution in [-0.2, 0) is 97.4 Å². The maximum atomic E-state index is 0. The van der Waals surface area contributed by atoms with Gasteiger partial charge in [0.1, 0.15) is 0 Å². The first kappa shape index (κ1) is 63.9. The predicted molar refractivity (Wildman–Crippen MR) is 0 cm³/mol. The van der Waals surface area contributed by atoms with E-state index in [0.29, 0.717) is 0 Å². The van der Waals surface area contributed by atoms with Crippen LogP contribution in [-0.4, -0.2) is 0 Å². The average Bonchev–Trinajstić information content (AvgIpc) is 0. The van der Waals surface area contributed by atoms with E-state index in [0.717, 1.165) is 0 Å². The maximum absolute atomic E-state index is 0. The quantitative estimate of drug-likeness (QED) is 0.300. The fourth-order valence-electron chi connectivity index (χ4n) is 0. The van der Waals surface area contributed by atoms with Gasteiger partial charge in [0.25, 0.3) is 0 Å². The van der Waals surface area contributed by atoms with Crippen molar-refractivity contribution in [1.29, 1.82) is 0 Å². The first-order valence-corrected chi connectivity index (χ1v) is 0. The summed E-state index contributed by atoms with van der Waals surface area (Å²) in [4.78, 5) is 0. The summed E-state index contributed by atoms with van der Waals surface area (Å²) in [5, 5.41) is 0. The van der Waals surface area contributed by atoms with E-state index in [9.17, 15) is 0 Å². The minimum atomic E-state index is 0. The van der Waals surface area contributed by atoms with Gasteiger partial charge in [-0.15, -0.1) is 0 Å². The molecule has 0 radical (unpaired) electrons. The molecule has 52 valence electrons. The third kappa shape index (κ3) is 39.6. The summed E-state index contributed by atoms with van der Waals surface area (Å²) in [7, 11) is 0. The van der Waals surface area contributed by atoms with Gasteiger partial charge in [-0.25, -0.2) is 0 Å². The molecule has 0 aromatic rings. The van der Waals surface area contributed by atoms with Gasteiger partial charge in [0.2, 0.25) is 0 Å². The molecule has 0 aromatic heterocycles. The molecule has 8 heteroatoms. The van der Waals surface area contributed by atoms with Gasteiger partial charge in [0.05, 0.1) is 0 Å². The summed E-state index contributed by atoms with van der Waals surface area (Å²) < 4.78 is 0. The van der Waals surface area contributed by atoms with Gasteiger partial charge >= 0.3 is 0 Å². The Morgan fingerprint density at radius 2 is 0.250 bits per heavy atom. The standard InChI is InChI=1S/5Ru.3U. The Labute approximate surface area is 185 Å². The number of hydrogen-bond acceptors (Lipinski definition) is 0. The van der Waals surface area contributed by atoms with Gasteiger partial charge in [-0.1, -0.05) is 0 Å². The molecule has 0 spiro atoms. The van der Waals surface area contributed by atoms with Crippen LogP contribution >= 0.6 is 0 Å². The van der Waals surface area contributed by atoms with E-state index in [-0.39, 0.29) is 191 Å². The fourth-order valence-corrected chi connectivity index (χ4v) is 0. The minimum absolute atomic E-state index is 0. The molecule has 0 unspecified atom stereocenters. The van der Waals surface area contributed by atoms with Crippen molar-refractivity contribution in [1.82, 2.24) is 0 Å². The van der Waals surface area contributed by atoms with E-state index in [1.807, 2.05) is 0 Å². The van der Waals surface area contributed by atoms with Crippen LogP contribution in [0.3, 0.4) is 0 Å². The van der Waals surface area contributed by atoms with Gasteiger partial charge in [-0.3, -0.25) is 0 Å². The Hall–Kier alpha value is 6.27. The van der Waals surface area contributed by atoms with Gasteiger partial charge < -0.3 is 0 Å².